The van der Waals surface area contributed by atoms with Gasteiger partial charge in [-0.05, 0) is 42.0 Å². The van der Waals surface area contributed by atoms with Gasteiger partial charge in [-0.2, -0.15) is 0 Å². The number of alkyl halides is 3. The zero-order chi connectivity index (χ0) is 20.1. The van der Waals surface area contributed by atoms with Crippen LogP contribution in [0.4, 0.5) is 19.0 Å². The lowest BCUT2D eigenvalue weighted by Crippen LogP contribution is -2.16. The van der Waals surface area contributed by atoms with Crippen molar-refractivity contribution < 1.29 is 23.0 Å². The van der Waals surface area contributed by atoms with Crippen molar-refractivity contribution >= 4 is 17.4 Å². The van der Waals surface area contributed by atoms with Crippen LogP contribution >= 0.6 is 11.6 Å². The summed E-state index contributed by atoms with van der Waals surface area (Å²) in [6.07, 6.45) is -4.21. The van der Waals surface area contributed by atoms with E-state index in [1.54, 1.807) is 30.3 Å². The van der Waals surface area contributed by atoms with E-state index in [1.807, 2.05) is 0 Å². The maximum absolute atomic E-state index is 12.2. The van der Waals surface area contributed by atoms with E-state index < -0.39 is 12.5 Å². The number of rotatable bonds is 6. The van der Waals surface area contributed by atoms with Crippen molar-refractivity contribution in [3.05, 3.63) is 71.5 Å². The number of nitrogens with one attached hydrogen (secondary N) is 1. The second kappa shape index (κ2) is 8.45. The first-order chi connectivity index (χ1) is 13.3. The zero-order valence-electron chi connectivity index (χ0n) is 14.3. The van der Waals surface area contributed by atoms with Crippen LogP contribution in [0.1, 0.15) is 11.7 Å². The second-order valence-electron chi connectivity index (χ2n) is 5.81. The van der Waals surface area contributed by atoms with Crippen LogP contribution in [0.25, 0.3) is 11.3 Å². The largest absolute Gasteiger partial charge is 0.573 e. The Bertz CT molecular complexity index is 936. The van der Waals surface area contributed by atoms with E-state index in [2.05, 4.69) is 20.0 Å². The smallest absolute Gasteiger partial charge is 0.406 e. The number of aliphatic hydroxyl groups is 1. The van der Waals surface area contributed by atoms with Crippen LogP contribution in [0.3, 0.4) is 0 Å². The van der Waals surface area contributed by atoms with Crippen LogP contribution in [0, 0.1) is 0 Å². The third-order valence-corrected chi connectivity index (χ3v) is 4.00. The average Bonchev–Trinajstić information content (AvgIpc) is 2.66. The van der Waals surface area contributed by atoms with Gasteiger partial charge < -0.3 is 15.2 Å². The summed E-state index contributed by atoms with van der Waals surface area (Å²) in [5.74, 6) is 0.148. The van der Waals surface area contributed by atoms with Gasteiger partial charge in [0.25, 0.3) is 0 Å². The third kappa shape index (κ3) is 5.58. The highest BCUT2D eigenvalue weighted by atomic mass is 35.5. The normalized spacial score (nSPS) is 12.5. The van der Waals surface area contributed by atoms with Crippen LogP contribution in [-0.4, -0.2) is 28.0 Å². The topological polar surface area (TPSA) is 67.3 Å². The standard InChI is InChI=1S/C19H15ClF3N3O2/c20-14-3-1-2-13(8-14)17(27)10-24-18-9-16(25-11-26-18)12-4-6-15(7-5-12)28-19(21,22)23/h1-9,11,17,27H,10H2,(H,24,25,26). The molecule has 3 aromatic rings. The third-order valence-electron chi connectivity index (χ3n) is 3.76. The zero-order valence-corrected chi connectivity index (χ0v) is 15.1. The number of halogens is 4. The van der Waals surface area contributed by atoms with Crippen LogP contribution in [-0.2, 0) is 0 Å². The minimum Gasteiger partial charge on any atom is -0.406 e. The number of aliphatic hydroxyl groups excluding tert-OH is 1. The lowest BCUT2D eigenvalue weighted by atomic mass is 10.1. The number of benzene rings is 2. The second-order valence-corrected chi connectivity index (χ2v) is 6.25. The molecule has 0 saturated carbocycles. The molecule has 146 valence electrons. The highest BCUT2D eigenvalue weighted by Crippen LogP contribution is 2.26. The molecule has 1 unspecified atom stereocenters. The highest BCUT2D eigenvalue weighted by Gasteiger charge is 2.30. The van der Waals surface area contributed by atoms with E-state index in [0.717, 1.165) is 0 Å². The Hall–Kier alpha value is -2.84. The molecule has 1 atom stereocenters. The highest BCUT2D eigenvalue weighted by molar-refractivity contribution is 6.30. The SMILES string of the molecule is OC(CNc1cc(-c2ccc(OC(F)(F)F)cc2)ncn1)c1cccc(Cl)c1. The summed E-state index contributed by atoms with van der Waals surface area (Å²) >= 11 is 5.92. The van der Waals surface area contributed by atoms with Gasteiger partial charge in [0.15, 0.2) is 0 Å². The van der Waals surface area contributed by atoms with Crippen molar-refractivity contribution in [3.63, 3.8) is 0 Å². The van der Waals surface area contributed by atoms with Crippen molar-refractivity contribution in [3.8, 4) is 17.0 Å². The monoisotopic (exact) mass is 409 g/mol. The van der Waals surface area contributed by atoms with Crippen molar-refractivity contribution in [1.29, 1.82) is 0 Å². The van der Waals surface area contributed by atoms with Crippen LogP contribution < -0.4 is 10.1 Å². The molecular weight excluding hydrogens is 395 g/mol. The van der Waals surface area contributed by atoms with Crippen LogP contribution in [0.15, 0.2) is 60.9 Å². The summed E-state index contributed by atoms with van der Waals surface area (Å²) in [7, 11) is 0. The first-order valence-corrected chi connectivity index (χ1v) is 8.53. The van der Waals surface area contributed by atoms with Gasteiger partial charge in [0.05, 0.1) is 11.8 Å². The summed E-state index contributed by atoms with van der Waals surface area (Å²) < 4.78 is 40.6. The fourth-order valence-corrected chi connectivity index (χ4v) is 2.67. The Morgan fingerprint density at radius 3 is 2.50 bits per heavy atom. The molecule has 1 heterocycles. The number of hydrogen-bond acceptors (Lipinski definition) is 5. The minimum absolute atomic E-state index is 0.190. The molecule has 2 N–H and O–H groups in total. The first-order valence-electron chi connectivity index (χ1n) is 8.16. The summed E-state index contributed by atoms with van der Waals surface area (Å²) in [5, 5.41) is 13.8. The molecular formula is C19H15ClF3N3O2. The van der Waals surface area contributed by atoms with Crippen LogP contribution in [0.5, 0.6) is 5.75 Å². The van der Waals surface area contributed by atoms with Gasteiger partial charge >= 0.3 is 6.36 Å². The molecule has 0 aliphatic heterocycles. The number of nitrogens with zero attached hydrogens (tertiary/aromatic N) is 2. The van der Waals surface area contributed by atoms with Gasteiger partial charge in [0.1, 0.15) is 17.9 Å². The predicted molar refractivity (Wildman–Crippen MR) is 99.1 cm³/mol. The van der Waals surface area contributed by atoms with E-state index >= 15 is 0 Å². The maximum atomic E-state index is 12.2. The van der Waals surface area contributed by atoms with Gasteiger partial charge in [0, 0.05) is 23.2 Å². The quantitative estimate of drug-likeness (QED) is 0.609. The molecule has 1 aromatic heterocycles. The van der Waals surface area contributed by atoms with Crippen LogP contribution in [0.2, 0.25) is 5.02 Å². The Balaban J connectivity index is 1.67. The molecule has 0 aliphatic rings. The van der Waals surface area contributed by atoms with Crippen molar-refractivity contribution in [2.75, 3.05) is 11.9 Å². The van der Waals surface area contributed by atoms with E-state index in [0.29, 0.717) is 27.7 Å². The summed E-state index contributed by atoms with van der Waals surface area (Å²) in [5.41, 5.74) is 1.76. The van der Waals surface area contributed by atoms with Gasteiger partial charge in [0.2, 0.25) is 0 Å². The molecule has 2 aromatic carbocycles. The molecule has 0 radical (unpaired) electrons. The van der Waals surface area contributed by atoms with E-state index in [1.165, 1.54) is 30.6 Å². The van der Waals surface area contributed by atoms with E-state index in [4.69, 9.17) is 11.6 Å². The summed E-state index contributed by atoms with van der Waals surface area (Å²) in [4.78, 5) is 8.20. The molecule has 9 heteroatoms. The number of aromatic nitrogens is 2. The molecule has 0 aliphatic carbocycles. The maximum Gasteiger partial charge on any atom is 0.573 e. The Morgan fingerprint density at radius 1 is 1.07 bits per heavy atom. The summed E-state index contributed by atoms with van der Waals surface area (Å²) in [6, 6.07) is 13.9. The Labute approximate surface area is 163 Å². The summed E-state index contributed by atoms with van der Waals surface area (Å²) in [6.45, 7) is 0.190. The molecule has 28 heavy (non-hydrogen) atoms. The number of hydrogen-bond donors (Lipinski definition) is 2. The number of anilines is 1. The molecule has 0 bridgehead atoms. The fraction of sp³-hybridized carbons (Fsp3) is 0.158. The lowest BCUT2D eigenvalue weighted by Gasteiger charge is -2.13. The predicted octanol–water partition coefficient (Wildman–Crippen LogP) is 4.84. The van der Waals surface area contributed by atoms with Gasteiger partial charge in [-0.3, -0.25) is 0 Å². The molecule has 0 amide bonds. The van der Waals surface area contributed by atoms with Crippen molar-refractivity contribution in [2.24, 2.45) is 0 Å². The molecule has 5 nitrogen and oxygen atoms in total. The fourth-order valence-electron chi connectivity index (χ4n) is 2.47. The molecule has 3 rings (SSSR count). The van der Waals surface area contributed by atoms with Crippen molar-refractivity contribution in [1.82, 2.24) is 9.97 Å². The van der Waals surface area contributed by atoms with Crippen molar-refractivity contribution in [2.45, 2.75) is 12.5 Å². The number of ether oxygens (including phenoxy) is 1. The Morgan fingerprint density at radius 2 is 1.82 bits per heavy atom. The van der Waals surface area contributed by atoms with E-state index in [9.17, 15) is 18.3 Å². The molecule has 0 spiro atoms. The minimum atomic E-state index is -4.74. The molecule has 0 saturated heterocycles. The van der Waals surface area contributed by atoms with Gasteiger partial charge in [-0.25, -0.2) is 9.97 Å². The first kappa shape index (κ1) is 19.9. The van der Waals surface area contributed by atoms with E-state index in [-0.39, 0.29) is 12.3 Å². The van der Waals surface area contributed by atoms with Gasteiger partial charge in [-0.1, -0.05) is 23.7 Å². The molecule has 0 fully saturated rings. The lowest BCUT2D eigenvalue weighted by molar-refractivity contribution is -0.274. The van der Waals surface area contributed by atoms with Gasteiger partial charge in [-0.15, -0.1) is 13.2 Å². The Kier molecular flexibility index (Phi) is 6.01. The average molecular weight is 410 g/mol.